The van der Waals surface area contributed by atoms with Gasteiger partial charge < -0.3 is 0 Å². The molecule has 0 fully saturated rings. The maximum Gasteiger partial charge on any atom is 0.276 e. The van der Waals surface area contributed by atoms with Crippen molar-refractivity contribution >= 4 is 36.9 Å². The van der Waals surface area contributed by atoms with Crippen LogP contribution in [0, 0.1) is 70.5 Å². The third-order valence-corrected chi connectivity index (χ3v) is 16.2. The van der Waals surface area contributed by atoms with Crippen LogP contribution < -0.4 is 20.7 Å². The molecule has 7 rings (SSSR count). The van der Waals surface area contributed by atoms with Gasteiger partial charge in [0.2, 0.25) is 0 Å². The number of hydrogen-bond acceptors (Lipinski definition) is 0. The highest BCUT2D eigenvalue weighted by atomic mass is 28.3. The Kier molecular flexibility index (Phi) is 11.4. The Balaban J connectivity index is 1.30. The second-order valence-electron chi connectivity index (χ2n) is 13.0. The SMILES string of the molecule is C#Cc1ccc(C#C[Si](C#Cc2ccc(C#C[Si](C#Cc3ccc(C#C)cc3)(c3ccccc3)c3ccccc3)cc2)(c2ccccc2)c2ccccc2)cc1. The van der Waals surface area contributed by atoms with E-state index in [4.69, 9.17) is 12.8 Å². The smallest absolute Gasteiger partial charge is 0.115 e. The summed E-state index contributed by atoms with van der Waals surface area (Å²) in [7, 11) is -5.83. The molecule has 0 radical (unpaired) electrons. The van der Waals surface area contributed by atoms with E-state index < -0.39 is 16.1 Å². The molecule has 0 aliphatic rings. The fraction of sp³-hybridized carbons (Fsp3) is 0. The largest absolute Gasteiger partial charge is 0.276 e. The lowest BCUT2D eigenvalue weighted by molar-refractivity contribution is 1.60. The van der Waals surface area contributed by atoms with E-state index in [0.717, 1.165) is 54.1 Å². The summed E-state index contributed by atoms with van der Waals surface area (Å²) in [4.78, 5) is 0. The van der Waals surface area contributed by atoms with E-state index in [1.807, 2.05) is 97.1 Å². The first-order valence-electron chi connectivity index (χ1n) is 18.2. The lowest BCUT2D eigenvalue weighted by Gasteiger charge is -2.21. The zero-order valence-corrected chi connectivity index (χ0v) is 32.6. The second-order valence-corrected chi connectivity index (χ2v) is 19.3. The lowest BCUT2D eigenvalue weighted by atomic mass is 10.1. The van der Waals surface area contributed by atoms with Gasteiger partial charge in [0, 0.05) is 33.4 Å². The summed E-state index contributed by atoms with van der Waals surface area (Å²) in [6.07, 6.45) is 11.2. The van der Waals surface area contributed by atoms with Gasteiger partial charge in [-0.3, -0.25) is 0 Å². The summed E-state index contributed by atoms with van der Waals surface area (Å²) < 4.78 is 0. The van der Waals surface area contributed by atoms with Crippen LogP contribution in [0.1, 0.15) is 33.4 Å². The van der Waals surface area contributed by atoms with E-state index in [2.05, 4.69) is 155 Å². The van der Waals surface area contributed by atoms with Crippen LogP contribution in [0.15, 0.2) is 194 Å². The highest BCUT2D eigenvalue weighted by Gasteiger charge is 2.36. The van der Waals surface area contributed by atoms with Crippen molar-refractivity contribution in [3.8, 4) is 70.5 Å². The number of rotatable bonds is 4. The van der Waals surface area contributed by atoms with Crippen LogP contribution in [0.5, 0.6) is 0 Å². The van der Waals surface area contributed by atoms with Crippen LogP contribution in [0.3, 0.4) is 0 Å². The summed E-state index contributed by atoms with van der Waals surface area (Å²) in [6.45, 7) is 0. The number of benzene rings is 7. The Morgan fingerprint density at radius 3 is 0.643 bits per heavy atom. The summed E-state index contributed by atoms with van der Waals surface area (Å²) in [6, 6.07) is 65.6. The molecule has 0 bridgehead atoms. The first-order chi connectivity index (χ1) is 27.6. The Morgan fingerprint density at radius 2 is 0.446 bits per heavy atom. The molecule has 7 aromatic carbocycles. The van der Waals surface area contributed by atoms with Gasteiger partial charge in [-0.25, -0.2) is 0 Å². The highest BCUT2D eigenvalue weighted by molar-refractivity contribution is 7.14. The van der Waals surface area contributed by atoms with E-state index >= 15 is 0 Å². The van der Waals surface area contributed by atoms with Crippen molar-refractivity contribution in [2.45, 2.75) is 0 Å². The minimum Gasteiger partial charge on any atom is -0.115 e. The molecule has 0 heterocycles. The molecule has 0 nitrogen and oxygen atoms in total. The molecule has 258 valence electrons. The first-order valence-corrected chi connectivity index (χ1v) is 22.2. The summed E-state index contributed by atoms with van der Waals surface area (Å²) in [5.41, 5.74) is 20.2. The fourth-order valence-corrected chi connectivity index (χ4v) is 12.4. The molecular weight excluding hydrogens is 705 g/mol. The fourth-order valence-electron chi connectivity index (χ4n) is 6.33. The average molecular weight is 739 g/mol. The molecule has 2 heteroatoms. The predicted octanol–water partition coefficient (Wildman–Crippen LogP) is 7.14. The summed E-state index contributed by atoms with van der Waals surface area (Å²) >= 11 is 0. The van der Waals surface area contributed by atoms with Crippen molar-refractivity contribution in [3.05, 3.63) is 228 Å². The monoisotopic (exact) mass is 738 g/mol. The van der Waals surface area contributed by atoms with Crippen molar-refractivity contribution in [2.75, 3.05) is 0 Å². The van der Waals surface area contributed by atoms with Crippen molar-refractivity contribution in [1.82, 2.24) is 0 Å². The molecule has 0 saturated carbocycles. The summed E-state index contributed by atoms with van der Waals surface area (Å²) in [5.74, 6) is 19.4. The van der Waals surface area contributed by atoms with Crippen LogP contribution >= 0.6 is 0 Å². The van der Waals surface area contributed by atoms with Gasteiger partial charge in [0.05, 0.1) is 0 Å². The van der Waals surface area contributed by atoms with E-state index in [1.165, 1.54) is 0 Å². The lowest BCUT2D eigenvalue weighted by Crippen LogP contribution is -2.57. The third kappa shape index (κ3) is 8.42. The topological polar surface area (TPSA) is 0 Å². The van der Waals surface area contributed by atoms with E-state index in [9.17, 15) is 0 Å². The first kappa shape index (κ1) is 36.7. The molecule has 0 atom stereocenters. The molecule has 0 aromatic heterocycles. The normalized spacial score (nSPS) is 10.2. The average Bonchev–Trinajstić information content (AvgIpc) is 3.29. The van der Waals surface area contributed by atoms with Gasteiger partial charge in [-0.05, 0) is 93.5 Å². The molecule has 0 N–H and O–H groups in total. The van der Waals surface area contributed by atoms with Gasteiger partial charge in [-0.2, -0.15) is 0 Å². The Labute approximate surface area is 333 Å². The van der Waals surface area contributed by atoms with Gasteiger partial charge in [0.15, 0.2) is 0 Å². The molecule has 0 aliphatic carbocycles. The van der Waals surface area contributed by atoms with Gasteiger partial charge in [-0.1, -0.05) is 179 Å². The van der Waals surface area contributed by atoms with Crippen molar-refractivity contribution in [1.29, 1.82) is 0 Å². The maximum absolute atomic E-state index is 5.61. The molecule has 0 unspecified atom stereocenters. The van der Waals surface area contributed by atoms with E-state index in [0.29, 0.717) is 0 Å². The molecular formula is C54H34Si2. The van der Waals surface area contributed by atoms with Gasteiger partial charge in [0.1, 0.15) is 0 Å². The van der Waals surface area contributed by atoms with Crippen LogP contribution in [-0.4, -0.2) is 16.1 Å². The molecule has 7 aromatic rings. The zero-order chi connectivity index (χ0) is 38.5. The molecule has 0 saturated heterocycles. The Bertz CT molecular complexity index is 2500. The van der Waals surface area contributed by atoms with E-state index in [-0.39, 0.29) is 0 Å². The van der Waals surface area contributed by atoms with Crippen molar-refractivity contribution in [3.63, 3.8) is 0 Å². The van der Waals surface area contributed by atoms with Crippen LogP contribution in [-0.2, 0) is 0 Å². The van der Waals surface area contributed by atoms with Crippen molar-refractivity contribution < 1.29 is 0 Å². The summed E-state index contributed by atoms with van der Waals surface area (Å²) in [5, 5.41) is 4.52. The standard InChI is InChI=1S/C54H34Si2/c1-3-45-25-29-47(30-26-45)37-41-55(51-17-9-5-10-18-51,52-19-11-6-12-20-52)43-39-49-33-35-50(36-34-49)40-44-56(53-21-13-7-14-22-53,54-23-15-8-16-24-54)42-38-48-31-27-46(4-2)28-32-48/h1-2,5-36H. The third-order valence-electron chi connectivity index (χ3n) is 9.39. The predicted molar refractivity (Wildman–Crippen MR) is 239 cm³/mol. The molecule has 0 aliphatic heterocycles. The van der Waals surface area contributed by atoms with Gasteiger partial charge in [-0.15, -0.1) is 12.8 Å². The van der Waals surface area contributed by atoms with Crippen LogP contribution in [0.25, 0.3) is 0 Å². The quantitative estimate of drug-likeness (QED) is 0.133. The molecule has 0 spiro atoms. The number of hydrogen-bond donors (Lipinski definition) is 0. The zero-order valence-electron chi connectivity index (χ0n) is 30.6. The van der Waals surface area contributed by atoms with Gasteiger partial charge >= 0.3 is 0 Å². The Hall–Kier alpha value is -7.67. The number of terminal acetylenes is 2. The van der Waals surface area contributed by atoms with Crippen LogP contribution in [0.2, 0.25) is 0 Å². The van der Waals surface area contributed by atoms with Gasteiger partial charge in [0.25, 0.3) is 16.1 Å². The minimum absolute atomic E-state index is 0.825. The molecule has 0 amide bonds. The minimum atomic E-state index is -2.92. The second kappa shape index (κ2) is 17.4. The maximum atomic E-state index is 5.61. The van der Waals surface area contributed by atoms with E-state index in [1.54, 1.807) is 0 Å². The highest BCUT2D eigenvalue weighted by Crippen LogP contribution is 2.11. The Morgan fingerprint density at radius 1 is 0.250 bits per heavy atom. The molecule has 56 heavy (non-hydrogen) atoms. The van der Waals surface area contributed by atoms with Crippen molar-refractivity contribution in [2.24, 2.45) is 0 Å². The van der Waals surface area contributed by atoms with Crippen LogP contribution in [0.4, 0.5) is 0 Å².